The minimum absolute atomic E-state index is 0.0463. The highest BCUT2D eigenvalue weighted by atomic mass is 31.1. The predicted octanol–water partition coefficient (Wildman–Crippen LogP) is 7.36. The van der Waals surface area contributed by atoms with E-state index in [0.717, 1.165) is 32.1 Å². The predicted molar refractivity (Wildman–Crippen MR) is 121 cm³/mol. The summed E-state index contributed by atoms with van der Waals surface area (Å²) in [4.78, 5) is 0. The van der Waals surface area contributed by atoms with Crippen LogP contribution in [0, 0.1) is 10.8 Å². The van der Waals surface area contributed by atoms with Crippen molar-refractivity contribution in [1.29, 1.82) is 0 Å². The molecule has 4 aliphatic rings. The van der Waals surface area contributed by atoms with E-state index in [4.69, 9.17) is 18.1 Å². The smallest absolute Gasteiger partial charge is 0.229 e. The summed E-state index contributed by atoms with van der Waals surface area (Å²) in [6.45, 7) is 4.46. The second kappa shape index (κ2) is 7.88. The van der Waals surface area contributed by atoms with Gasteiger partial charge >= 0.3 is 16.5 Å². The minimum Gasteiger partial charge on any atom is -0.229 e. The first kappa shape index (κ1) is 22.0. The SMILES string of the molecule is CC12CC3(C)CC(O[P+](=O)Oc4ccccc4)(C1)CC(O[P+](=O)Oc1ccccc1)(C2)C3. The molecule has 0 aliphatic heterocycles. The van der Waals surface area contributed by atoms with E-state index < -0.39 is 27.7 Å². The Kier molecular flexibility index (Phi) is 5.41. The highest BCUT2D eigenvalue weighted by molar-refractivity contribution is 7.34. The summed E-state index contributed by atoms with van der Waals surface area (Å²) in [7, 11) is -4.71. The van der Waals surface area contributed by atoms with Crippen molar-refractivity contribution in [3.63, 3.8) is 0 Å². The Hall–Kier alpha value is -1.84. The topological polar surface area (TPSA) is 71.1 Å². The van der Waals surface area contributed by atoms with Crippen molar-refractivity contribution >= 4 is 16.5 Å². The fourth-order valence-electron chi connectivity index (χ4n) is 7.16. The molecule has 2 aromatic rings. The van der Waals surface area contributed by atoms with Crippen LogP contribution in [0.3, 0.4) is 0 Å². The lowest BCUT2D eigenvalue weighted by atomic mass is 9.42. The number of hydrogen-bond acceptors (Lipinski definition) is 6. The van der Waals surface area contributed by atoms with Crippen LogP contribution < -0.4 is 9.05 Å². The quantitative estimate of drug-likeness (QED) is 0.372. The molecule has 4 saturated carbocycles. The maximum absolute atomic E-state index is 12.9. The number of rotatable bonds is 8. The molecule has 4 aliphatic carbocycles. The molecular formula is C24H28O6P2+2. The van der Waals surface area contributed by atoms with Gasteiger partial charge in [0.2, 0.25) is 0 Å². The summed E-state index contributed by atoms with van der Waals surface area (Å²) in [5.74, 6) is 1.03. The summed E-state index contributed by atoms with van der Waals surface area (Å²) in [5, 5.41) is 0. The Morgan fingerprint density at radius 3 is 1.34 bits per heavy atom. The van der Waals surface area contributed by atoms with Crippen molar-refractivity contribution in [1.82, 2.24) is 0 Å². The Bertz CT molecular complexity index is 932. The minimum atomic E-state index is -2.35. The van der Waals surface area contributed by atoms with Crippen molar-refractivity contribution in [3.8, 4) is 11.5 Å². The van der Waals surface area contributed by atoms with E-state index in [1.54, 1.807) is 24.3 Å². The van der Waals surface area contributed by atoms with Gasteiger partial charge in [-0.15, -0.1) is 9.05 Å². The number of benzene rings is 2. The van der Waals surface area contributed by atoms with Crippen LogP contribution in [-0.4, -0.2) is 11.2 Å². The van der Waals surface area contributed by atoms with Crippen molar-refractivity contribution in [3.05, 3.63) is 60.7 Å². The zero-order chi connectivity index (χ0) is 22.5. The van der Waals surface area contributed by atoms with E-state index in [1.807, 2.05) is 36.4 Å². The van der Waals surface area contributed by atoms with Crippen LogP contribution in [0.2, 0.25) is 0 Å². The zero-order valence-corrected chi connectivity index (χ0v) is 20.1. The molecule has 8 heteroatoms. The number of hydrogen-bond donors (Lipinski definition) is 0. The first-order valence-corrected chi connectivity index (χ1v) is 13.2. The first-order chi connectivity index (χ1) is 15.2. The van der Waals surface area contributed by atoms with Gasteiger partial charge in [-0.25, -0.2) is 9.05 Å². The van der Waals surface area contributed by atoms with Crippen LogP contribution in [0.25, 0.3) is 0 Å². The lowest BCUT2D eigenvalue weighted by Crippen LogP contribution is -2.66. The Morgan fingerprint density at radius 2 is 0.969 bits per heavy atom. The second-order valence-corrected chi connectivity index (χ2v) is 12.1. The van der Waals surface area contributed by atoms with Gasteiger partial charge in [-0.2, -0.15) is 0 Å². The van der Waals surface area contributed by atoms with Gasteiger partial charge < -0.3 is 0 Å². The van der Waals surface area contributed by atoms with E-state index in [9.17, 15) is 9.13 Å². The van der Waals surface area contributed by atoms with Crippen LogP contribution in [0.5, 0.6) is 11.5 Å². The van der Waals surface area contributed by atoms with E-state index >= 15 is 0 Å². The van der Waals surface area contributed by atoms with Gasteiger partial charge in [-0.1, -0.05) is 50.2 Å². The van der Waals surface area contributed by atoms with Crippen molar-refractivity contribution < 1.29 is 27.2 Å². The molecule has 0 radical (unpaired) electrons. The number of para-hydroxylation sites is 2. The highest BCUT2D eigenvalue weighted by Crippen LogP contribution is 2.71. The molecule has 0 amide bonds. The lowest BCUT2D eigenvalue weighted by Gasteiger charge is -2.65. The van der Waals surface area contributed by atoms with Crippen LogP contribution in [-0.2, 0) is 18.2 Å². The van der Waals surface area contributed by atoms with E-state index in [1.165, 1.54) is 0 Å². The summed E-state index contributed by atoms with van der Waals surface area (Å²) in [6, 6.07) is 18.1. The largest absolute Gasteiger partial charge is 0.750 e. The van der Waals surface area contributed by atoms with Crippen LogP contribution in [0.4, 0.5) is 0 Å². The van der Waals surface area contributed by atoms with Crippen LogP contribution in [0.15, 0.2) is 60.7 Å². The molecule has 0 saturated heterocycles. The molecule has 2 unspecified atom stereocenters. The fourth-order valence-corrected chi connectivity index (χ4v) is 8.84. The first-order valence-electron chi connectivity index (χ1n) is 11.0. The molecule has 4 bridgehead atoms. The molecule has 4 fully saturated rings. The molecule has 6 rings (SSSR count). The Labute approximate surface area is 190 Å². The monoisotopic (exact) mass is 474 g/mol. The van der Waals surface area contributed by atoms with Gasteiger partial charge in [0.1, 0.15) is 11.2 Å². The molecule has 0 spiro atoms. The van der Waals surface area contributed by atoms with E-state index in [2.05, 4.69) is 13.8 Å². The third-order valence-electron chi connectivity index (χ3n) is 6.88. The third kappa shape index (κ3) is 4.47. The zero-order valence-electron chi connectivity index (χ0n) is 18.4. The molecule has 0 heterocycles. The van der Waals surface area contributed by atoms with Gasteiger partial charge in [0.15, 0.2) is 11.5 Å². The molecule has 0 N–H and O–H groups in total. The molecule has 2 atom stereocenters. The molecule has 2 aromatic carbocycles. The summed E-state index contributed by atoms with van der Waals surface area (Å²) in [6.07, 6.45) is 4.73. The molecule has 32 heavy (non-hydrogen) atoms. The van der Waals surface area contributed by atoms with Crippen LogP contribution in [0.1, 0.15) is 52.4 Å². The van der Waals surface area contributed by atoms with Crippen molar-refractivity contribution in [2.45, 2.75) is 63.6 Å². The van der Waals surface area contributed by atoms with Crippen molar-refractivity contribution in [2.24, 2.45) is 10.8 Å². The fraction of sp³-hybridized carbons (Fsp3) is 0.500. The molecular weight excluding hydrogens is 446 g/mol. The average molecular weight is 474 g/mol. The van der Waals surface area contributed by atoms with Crippen molar-refractivity contribution in [2.75, 3.05) is 0 Å². The van der Waals surface area contributed by atoms with E-state index in [0.29, 0.717) is 17.9 Å². The van der Waals surface area contributed by atoms with Gasteiger partial charge in [-0.05, 0) is 67.2 Å². The van der Waals surface area contributed by atoms with Gasteiger partial charge in [-0.3, -0.25) is 0 Å². The third-order valence-corrected chi connectivity index (χ3v) is 8.67. The average Bonchev–Trinajstić information content (AvgIpc) is 2.65. The highest BCUT2D eigenvalue weighted by Gasteiger charge is 2.71. The molecule has 6 nitrogen and oxygen atoms in total. The van der Waals surface area contributed by atoms with Gasteiger partial charge in [0.25, 0.3) is 0 Å². The molecule has 168 valence electrons. The normalized spacial score (nSPS) is 35.9. The Morgan fingerprint density at radius 1 is 0.594 bits per heavy atom. The second-order valence-electron chi connectivity index (χ2n) is 10.5. The van der Waals surface area contributed by atoms with Gasteiger partial charge in [0, 0.05) is 15.6 Å². The lowest BCUT2D eigenvalue weighted by molar-refractivity contribution is -0.233. The maximum atomic E-state index is 12.9. The summed E-state index contributed by atoms with van der Waals surface area (Å²) in [5.41, 5.74) is -1.36. The van der Waals surface area contributed by atoms with Gasteiger partial charge in [0.05, 0.1) is 0 Å². The maximum Gasteiger partial charge on any atom is 0.750 e. The van der Waals surface area contributed by atoms with Crippen LogP contribution >= 0.6 is 16.5 Å². The Balaban J connectivity index is 1.36. The summed E-state index contributed by atoms with van der Waals surface area (Å²) >= 11 is 0. The summed E-state index contributed by atoms with van der Waals surface area (Å²) < 4.78 is 49.2. The standard InChI is InChI=1S/C24H28O6P2/c1-21-13-22(2)16-23(14-21,29-31(25)27-19-9-5-3-6-10-19)18-24(15-21,17-22)30-32(26)28-20-11-7-4-8-12-20/h3-12H,13-18H2,1-2H3/q+2. The van der Waals surface area contributed by atoms with E-state index in [-0.39, 0.29) is 10.8 Å². The molecule has 0 aromatic heterocycles.